The molecule has 0 radical (unpaired) electrons. The molecule has 0 heterocycles. The normalized spacial score (nSPS) is 18.1. The number of rotatable bonds is 9. The molecule has 0 amide bonds. The van der Waals surface area contributed by atoms with E-state index in [1.165, 1.54) is 0 Å². The number of unbranched alkanes of at least 4 members (excludes halogenated alkanes) is 1. The molecule has 0 aromatic heterocycles. The minimum atomic E-state index is -0.380. The summed E-state index contributed by atoms with van der Waals surface area (Å²) in [6, 6.07) is 2.34. The molecule has 17 heavy (non-hydrogen) atoms. The minimum absolute atomic E-state index is 0.244. The van der Waals surface area contributed by atoms with Crippen LogP contribution in [0.3, 0.4) is 0 Å². The minimum Gasteiger partial charge on any atom is -0.392 e. The third kappa shape index (κ3) is 7.64. The summed E-state index contributed by atoms with van der Waals surface area (Å²) in [5.74, 6) is 1.06. The highest BCUT2D eigenvalue weighted by atomic mass is 32.2. The second-order valence-electron chi connectivity index (χ2n) is 4.75. The van der Waals surface area contributed by atoms with Crippen LogP contribution in [0, 0.1) is 11.3 Å². The first-order chi connectivity index (χ1) is 7.95. The fraction of sp³-hybridized carbons (Fsp3) is 0.923. The van der Waals surface area contributed by atoms with Gasteiger partial charge in [-0.3, -0.25) is 5.32 Å². The number of aliphatic hydroxyl groups excluding tert-OH is 1. The zero-order valence-corrected chi connectivity index (χ0v) is 12.3. The van der Waals surface area contributed by atoms with E-state index in [1.54, 1.807) is 11.8 Å². The van der Waals surface area contributed by atoms with Crippen LogP contribution in [-0.4, -0.2) is 34.3 Å². The van der Waals surface area contributed by atoms with E-state index in [0.29, 0.717) is 5.25 Å². The third-order valence-electron chi connectivity index (χ3n) is 2.94. The number of nitrogens with one attached hydrogen (secondary N) is 1. The summed E-state index contributed by atoms with van der Waals surface area (Å²) in [6.07, 6.45) is 2.80. The first kappa shape index (κ1) is 16.8. The van der Waals surface area contributed by atoms with Crippen molar-refractivity contribution < 1.29 is 5.11 Å². The molecule has 0 bridgehead atoms. The van der Waals surface area contributed by atoms with Crippen LogP contribution in [0.5, 0.6) is 0 Å². The summed E-state index contributed by atoms with van der Waals surface area (Å²) >= 11 is 1.80. The Kier molecular flexibility index (Phi) is 8.67. The van der Waals surface area contributed by atoms with Crippen molar-refractivity contribution >= 4 is 11.8 Å². The van der Waals surface area contributed by atoms with Crippen molar-refractivity contribution in [3.63, 3.8) is 0 Å². The number of hydrogen-bond acceptors (Lipinski definition) is 4. The van der Waals surface area contributed by atoms with Crippen LogP contribution in [0.4, 0.5) is 0 Å². The van der Waals surface area contributed by atoms with Crippen molar-refractivity contribution in [1.82, 2.24) is 5.32 Å². The Hall–Kier alpha value is -0.240. The first-order valence-corrected chi connectivity index (χ1v) is 7.46. The summed E-state index contributed by atoms with van der Waals surface area (Å²) in [7, 11) is 0. The van der Waals surface area contributed by atoms with Crippen molar-refractivity contribution in [1.29, 1.82) is 5.26 Å². The van der Waals surface area contributed by atoms with E-state index < -0.39 is 0 Å². The fourth-order valence-corrected chi connectivity index (χ4v) is 2.58. The van der Waals surface area contributed by atoms with Crippen molar-refractivity contribution in [2.24, 2.45) is 0 Å². The van der Waals surface area contributed by atoms with E-state index in [-0.39, 0.29) is 11.6 Å². The van der Waals surface area contributed by atoms with Gasteiger partial charge in [-0.05, 0) is 45.4 Å². The topological polar surface area (TPSA) is 56.0 Å². The highest BCUT2D eigenvalue weighted by molar-refractivity contribution is 7.99. The van der Waals surface area contributed by atoms with Crippen molar-refractivity contribution in [3.8, 4) is 6.07 Å². The molecular weight excluding hydrogens is 232 g/mol. The summed E-state index contributed by atoms with van der Waals surface area (Å²) in [6.45, 7) is 8.69. The average molecular weight is 258 g/mol. The predicted molar refractivity (Wildman–Crippen MR) is 75.1 cm³/mol. The maximum Gasteiger partial charge on any atom is 0.103 e. The Morgan fingerprint density at radius 3 is 2.53 bits per heavy atom. The number of nitriles is 1. The lowest BCUT2D eigenvalue weighted by Crippen LogP contribution is -2.40. The summed E-state index contributed by atoms with van der Waals surface area (Å²) in [4.78, 5) is 0. The summed E-state index contributed by atoms with van der Waals surface area (Å²) in [5.41, 5.74) is -0.380. The number of nitrogens with zero attached hydrogens (tertiary/aromatic N) is 1. The van der Waals surface area contributed by atoms with Gasteiger partial charge in [0.15, 0.2) is 0 Å². The molecule has 0 saturated heterocycles. The van der Waals surface area contributed by atoms with Gasteiger partial charge >= 0.3 is 0 Å². The van der Waals surface area contributed by atoms with Crippen molar-refractivity contribution in [2.75, 3.05) is 12.3 Å². The molecule has 0 aromatic carbocycles. The van der Waals surface area contributed by atoms with Gasteiger partial charge in [0.25, 0.3) is 0 Å². The van der Waals surface area contributed by atoms with E-state index in [2.05, 4.69) is 11.4 Å². The lowest BCUT2D eigenvalue weighted by atomic mass is 9.97. The van der Waals surface area contributed by atoms with E-state index in [1.807, 2.05) is 27.7 Å². The van der Waals surface area contributed by atoms with Gasteiger partial charge in [-0.15, -0.1) is 0 Å². The SMILES string of the molecule is CCNC(C)(C#N)CCCCSC(C)C(C)O. The molecule has 0 spiro atoms. The third-order valence-corrected chi connectivity index (χ3v) is 4.39. The van der Waals surface area contributed by atoms with E-state index in [9.17, 15) is 5.11 Å². The lowest BCUT2D eigenvalue weighted by molar-refractivity contribution is 0.196. The molecular formula is C13H26N2OS. The first-order valence-electron chi connectivity index (χ1n) is 6.41. The average Bonchev–Trinajstić information content (AvgIpc) is 2.28. The van der Waals surface area contributed by atoms with Gasteiger partial charge in [0.1, 0.15) is 5.54 Å². The Bertz CT molecular complexity index is 240. The van der Waals surface area contributed by atoms with Crippen LogP contribution in [0.25, 0.3) is 0 Å². The molecule has 3 atom stereocenters. The summed E-state index contributed by atoms with van der Waals surface area (Å²) < 4.78 is 0. The molecule has 0 fully saturated rings. The molecule has 0 aliphatic rings. The van der Waals surface area contributed by atoms with E-state index in [0.717, 1.165) is 31.6 Å². The zero-order chi connectivity index (χ0) is 13.3. The molecule has 4 heteroatoms. The van der Waals surface area contributed by atoms with Gasteiger partial charge in [-0.2, -0.15) is 17.0 Å². The molecule has 0 saturated carbocycles. The fourth-order valence-electron chi connectivity index (χ4n) is 1.56. The second-order valence-corrected chi connectivity index (χ2v) is 6.23. The van der Waals surface area contributed by atoms with Crippen LogP contribution in [0.2, 0.25) is 0 Å². The van der Waals surface area contributed by atoms with E-state index in [4.69, 9.17) is 5.26 Å². The molecule has 0 aliphatic heterocycles. The van der Waals surface area contributed by atoms with Crippen LogP contribution < -0.4 is 5.32 Å². The van der Waals surface area contributed by atoms with E-state index >= 15 is 0 Å². The van der Waals surface area contributed by atoms with Crippen LogP contribution >= 0.6 is 11.8 Å². The molecule has 0 aromatic rings. The lowest BCUT2D eigenvalue weighted by Gasteiger charge is -2.22. The molecule has 3 unspecified atom stereocenters. The van der Waals surface area contributed by atoms with Crippen LogP contribution in [0.15, 0.2) is 0 Å². The molecule has 100 valence electrons. The van der Waals surface area contributed by atoms with Crippen LogP contribution in [0.1, 0.15) is 47.0 Å². The predicted octanol–water partition coefficient (Wildman–Crippen LogP) is 2.55. The Balaban J connectivity index is 3.67. The monoisotopic (exact) mass is 258 g/mol. The molecule has 3 nitrogen and oxygen atoms in total. The van der Waals surface area contributed by atoms with Crippen molar-refractivity contribution in [3.05, 3.63) is 0 Å². The molecule has 0 rings (SSSR count). The largest absolute Gasteiger partial charge is 0.392 e. The number of thioether (sulfide) groups is 1. The number of hydrogen-bond donors (Lipinski definition) is 2. The Labute approximate surface area is 110 Å². The Morgan fingerprint density at radius 2 is 2.06 bits per heavy atom. The maximum absolute atomic E-state index is 9.34. The molecule has 2 N–H and O–H groups in total. The van der Waals surface area contributed by atoms with Crippen molar-refractivity contribution in [2.45, 2.75) is 63.9 Å². The smallest absolute Gasteiger partial charge is 0.103 e. The highest BCUT2D eigenvalue weighted by Gasteiger charge is 2.21. The quantitative estimate of drug-likeness (QED) is 0.624. The molecule has 0 aliphatic carbocycles. The van der Waals surface area contributed by atoms with Gasteiger partial charge in [0.05, 0.1) is 12.2 Å². The van der Waals surface area contributed by atoms with Gasteiger partial charge in [0.2, 0.25) is 0 Å². The van der Waals surface area contributed by atoms with Gasteiger partial charge in [-0.1, -0.05) is 13.8 Å². The second kappa shape index (κ2) is 8.79. The standard InChI is InChI=1S/C13H26N2OS/c1-5-15-13(4,10-14)8-6-7-9-17-12(3)11(2)16/h11-12,15-16H,5-9H2,1-4H3. The van der Waals surface area contributed by atoms with Gasteiger partial charge in [0, 0.05) is 5.25 Å². The maximum atomic E-state index is 9.34. The summed E-state index contributed by atoms with van der Waals surface area (Å²) in [5, 5.41) is 21.9. The van der Waals surface area contributed by atoms with Gasteiger partial charge in [-0.25, -0.2) is 0 Å². The highest BCUT2D eigenvalue weighted by Crippen LogP contribution is 2.18. The number of aliphatic hydroxyl groups is 1. The van der Waals surface area contributed by atoms with Crippen LogP contribution in [-0.2, 0) is 0 Å². The van der Waals surface area contributed by atoms with Gasteiger partial charge < -0.3 is 5.11 Å². The zero-order valence-electron chi connectivity index (χ0n) is 11.5. The Morgan fingerprint density at radius 1 is 1.41 bits per heavy atom.